The molecule has 1 rings (SSSR count). The van der Waals surface area contributed by atoms with Gasteiger partial charge in [0.2, 0.25) is 11.9 Å². The fourth-order valence-corrected chi connectivity index (χ4v) is 1.12. The van der Waals surface area contributed by atoms with Gasteiger partial charge in [-0.3, -0.25) is 4.84 Å². The molecule has 0 spiro atoms. The molecule has 0 aromatic carbocycles. The minimum absolute atomic E-state index is 0.216. The van der Waals surface area contributed by atoms with Crippen LogP contribution in [0.4, 0.5) is 17.8 Å². The van der Waals surface area contributed by atoms with Crippen molar-refractivity contribution >= 4 is 17.8 Å². The van der Waals surface area contributed by atoms with Crippen molar-refractivity contribution in [3.8, 4) is 12.3 Å². The van der Waals surface area contributed by atoms with Gasteiger partial charge in [-0.15, -0.1) is 6.42 Å². The van der Waals surface area contributed by atoms with E-state index in [0.717, 1.165) is 0 Å². The van der Waals surface area contributed by atoms with E-state index in [0.29, 0.717) is 24.4 Å². The van der Waals surface area contributed by atoms with E-state index in [1.54, 1.807) is 7.05 Å². The molecule has 1 aromatic rings. The minimum atomic E-state index is 0.216. The summed E-state index contributed by atoms with van der Waals surface area (Å²) in [5.74, 6) is 3.74. The average Bonchev–Trinajstić information content (AvgIpc) is 2.34. The topological polar surface area (TPSA) is 75.2 Å². The lowest BCUT2D eigenvalue weighted by atomic mass is 10.4. The summed E-state index contributed by atoms with van der Waals surface area (Å²) in [5, 5.41) is 7.45. The number of aromatic nitrogens is 3. The van der Waals surface area contributed by atoms with Crippen molar-refractivity contribution in [2.24, 2.45) is 0 Å². The van der Waals surface area contributed by atoms with E-state index in [4.69, 9.17) is 11.3 Å². The quantitative estimate of drug-likeness (QED) is 0.569. The Labute approximate surface area is 107 Å². The van der Waals surface area contributed by atoms with Gasteiger partial charge in [0, 0.05) is 13.1 Å². The second kappa shape index (κ2) is 6.61. The van der Waals surface area contributed by atoms with Crippen LogP contribution in [0.25, 0.3) is 0 Å². The first-order chi connectivity index (χ1) is 8.56. The van der Waals surface area contributed by atoms with Crippen LogP contribution in [0.15, 0.2) is 0 Å². The number of rotatable bonds is 6. The highest BCUT2D eigenvalue weighted by molar-refractivity contribution is 5.42. The molecule has 0 saturated carbocycles. The Morgan fingerprint density at radius 2 is 2.00 bits per heavy atom. The van der Waals surface area contributed by atoms with Gasteiger partial charge in [-0.05, 0) is 13.8 Å². The number of nitrogens with zero attached hydrogens (tertiary/aromatic N) is 4. The van der Waals surface area contributed by atoms with Gasteiger partial charge in [0.05, 0.1) is 13.7 Å². The highest BCUT2D eigenvalue weighted by Gasteiger charge is 2.10. The molecule has 2 N–H and O–H groups in total. The zero-order valence-corrected chi connectivity index (χ0v) is 11.1. The third-order valence-electron chi connectivity index (χ3n) is 1.95. The predicted molar refractivity (Wildman–Crippen MR) is 71.3 cm³/mol. The number of hydrogen-bond donors (Lipinski definition) is 2. The zero-order valence-electron chi connectivity index (χ0n) is 11.1. The zero-order chi connectivity index (χ0) is 13.5. The molecule has 7 nitrogen and oxygen atoms in total. The molecule has 0 saturated heterocycles. The lowest BCUT2D eigenvalue weighted by Gasteiger charge is -2.16. The van der Waals surface area contributed by atoms with Crippen molar-refractivity contribution in [2.75, 3.05) is 36.4 Å². The molecule has 0 unspecified atom stereocenters. The molecular weight excluding hydrogens is 232 g/mol. The van der Waals surface area contributed by atoms with Crippen LogP contribution in [0.3, 0.4) is 0 Å². The van der Waals surface area contributed by atoms with Crippen LogP contribution in [-0.4, -0.2) is 41.7 Å². The fraction of sp³-hybridized carbons (Fsp3) is 0.545. The lowest BCUT2D eigenvalue weighted by molar-refractivity contribution is 0.180. The molecule has 0 radical (unpaired) electrons. The number of terminal acetylenes is 1. The van der Waals surface area contributed by atoms with E-state index < -0.39 is 0 Å². The molecule has 1 heterocycles. The summed E-state index contributed by atoms with van der Waals surface area (Å²) in [5.41, 5.74) is 0. The Morgan fingerprint density at radius 3 is 2.56 bits per heavy atom. The Kier molecular flexibility index (Phi) is 5.14. The van der Waals surface area contributed by atoms with Crippen molar-refractivity contribution in [1.29, 1.82) is 0 Å². The normalized spacial score (nSPS) is 10.0. The van der Waals surface area contributed by atoms with Gasteiger partial charge in [0.25, 0.3) is 5.95 Å². The third-order valence-corrected chi connectivity index (χ3v) is 1.95. The Bertz CT molecular complexity index is 428. The van der Waals surface area contributed by atoms with E-state index in [9.17, 15) is 0 Å². The molecule has 0 aliphatic rings. The molecule has 0 aliphatic carbocycles. The van der Waals surface area contributed by atoms with E-state index in [1.807, 2.05) is 13.8 Å². The van der Waals surface area contributed by atoms with Gasteiger partial charge in [-0.25, -0.2) is 5.06 Å². The first kappa shape index (κ1) is 14.0. The maximum atomic E-state index is 5.18. The SMILES string of the molecule is C#CCNc1nc(NC(C)C)nc(N(C)OC)n1. The van der Waals surface area contributed by atoms with E-state index in [-0.39, 0.29) is 6.04 Å². The van der Waals surface area contributed by atoms with E-state index in [2.05, 4.69) is 31.5 Å². The van der Waals surface area contributed by atoms with Crippen LogP contribution in [0.2, 0.25) is 0 Å². The molecule has 0 fully saturated rings. The van der Waals surface area contributed by atoms with Crippen LogP contribution in [0.5, 0.6) is 0 Å². The summed E-state index contributed by atoms with van der Waals surface area (Å²) in [6, 6.07) is 0.216. The average molecular weight is 250 g/mol. The van der Waals surface area contributed by atoms with Crippen LogP contribution in [0, 0.1) is 12.3 Å². The van der Waals surface area contributed by atoms with E-state index in [1.165, 1.54) is 12.2 Å². The van der Waals surface area contributed by atoms with Gasteiger partial charge in [0.1, 0.15) is 0 Å². The second-order valence-corrected chi connectivity index (χ2v) is 3.82. The number of anilines is 3. The summed E-state index contributed by atoms with van der Waals surface area (Å²) in [6.07, 6.45) is 5.18. The molecule has 98 valence electrons. The van der Waals surface area contributed by atoms with Crippen LogP contribution in [0.1, 0.15) is 13.8 Å². The van der Waals surface area contributed by atoms with Crippen LogP contribution >= 0.6 is 0 Å². The fourth-order valence-electron chi connectivity index (χ4n) is 1.12. The Hall–Kier alpha value is -2.07. The van der Waals surface area contributed by atoms with Gasteiger partial charge < -0.3 is 10.6 Å². The Balaban J connectivity index is 3.00. The number of hydrogen-bond acceptors (Lipinski definition) is 7. The monoisotopic (exact) mass is 250 g/mol. The molecule has 0 aliphatic heterocycles. The third kappa shape index (κ3) is 4.07. The maximum absolute atomic E-state index is 5.18. The summed E-state index contributed by atoms with van der Waals surface area (Å²) < 4.78 is 0. The standard InChI is InChI=1S/C11H18N6O/c1-6-7-12-9-14-10(13-8(2)3)16-11(15-9)17(4)18-5/h1,8H,7H2,2-5H3,(H2,12,13,14,15,16). The highest BCUT2D eigenvalue weighted by Crippen LogP contribution is 2.12. The predicted octanol–water partition coefficient (Wildman–Crippen LogP) is 0.735. The second-order valence-electron chi connectivity index (χ2n) is 3.82. The molecule has 0 bridgehead atoms. The number of hydroxylamine groups is 1. The lowest BCUT2D eigenvalue weighted by Crippen LogP contribution is -2.21. The molecular formula is C11H18N6O. The molecule has 0 amide bonds. The smallest absolute Gasteiger partial charge is 0.256 e. The van der Waals surface area contributed by atoms with Crippen molar-refractivity contribution < 1.29 is 4.84 Å². The van der Waals surface area contributed by atoms with E-state index >= 15 is 0 Å². The van der Waals surface area contributed by atoms with Crippen molar-refractivity contribution in [3.63, 3.8) is 0 Å². The Morgan fingerprint density at radius 1 is 1.33 bits per heavy atom. The molecule has 7 heteroatoms. The van der Waals surface area contributed by atoms with Crippen molar-refractivity contribution in [3.05, 3.63) is 0 Å². The summed E-state index contributed by atoms with van der Waals surface area (Å²) in [6.45, 7) is 4.34. The van der Waals surface area contributed by atoms with Crippen LogP contribution < -0.4 is 15.7 Å². The first-order valence-corrected chi connectivity index (χ1v) is 5.54. The minimum Gasteiger partial charge on any atom is -0.352 e. The summed E-state index contributed by atoms with van der Waals surface area (Å²) >= 11 is 0. The molecule has 1 aromatic heterocycles. The van der Waals surface area contributed by atoms with Gasteiger partial charge in [-0.2, -0.15) is 15.0 Å². The highest BCUT2D eigenvalue weighted by atomic mass is 16.7. The van der Waals surface area contributed by atoms with Gasteiger partial charge in [0.15, 0.2) is 0 Å². The molecule has 18 heavy (non-hydrogen) atoms. The van der Waals surface area contributed by atoms with Gasteiger partial charge in [-0.1, -0.05) is 5.92 Å². The summed E-state index contributed by atoms with van der Waals surface area (Å²) in [7, 11) is 3.24. The summed E-state index contributed by atoms with van der Waals surface area (Å²) in [4.78, 5) is 17.7. The van der Waals surface area contributed by atoms with Crippen molar-refractivity contribution in [1.82, 2.24) is 15.0 Å². The number of nitrogens with one attached hydrogen (secondary N) is 2. The van der Waals surface area contributed by atoms with Crippen molar-refractivity contribution in [2.45, 2.75) is 19.9 Å². The van der Waals surface area contributed by atoms with Crippen LogP contribution in [-0.2, 0) is 4.84 Å². The van der Waals surface area contributed by atoms with Gasteiger partial charge >= 0.3 is 0 Å². The largest absolute Gasteiger partial charge is 0.352 e. The molecule has 0 atom stereocenters. The maximum Gasteiger partial charge on any atom is 0.256 e. The first-order valence-electron chi connectivity index (χ1n) is 5.54.